The van der Waals surface area contributed by atoms with Crippen LogP contribution in [0.4, 0.5) is 21.9 Å². The zero-order valence-electron chi connectivity index (χ0n) is 23.6. The van der Waals surface area contributed by atoms with Crippen LogP contribution in [0, 0.1) is 10.1 Å². The summed E-state index contributed by atoms with van der Waals surface area (Å²) in [6.45, 7) is 1.96. The van der Waals surface area contributed by atoms with E-state index in [9.17, 15) is 19.7 Å². The molecule has 0 radical (unpaired) electrons. The maximum atomic E-state index is 13.3. The van der Waals surface area contributed by atoms with Crippen LogP contribution in [0.15, 0.2) is 72.8 Å². The predicted octanol–water partition coefficient (Wildman–Crippen LogP) is 6.61. The van der Waals surface area contributed by atoms with E-state index in [4.69, 9.17) is 14.2 Å². The zero-order chi connectivity index (χ0) is 30.0. The lowest BCUT2D eigenvalue weighted by Gasteiger charge is -2.42. The van der Waals surface area contributed by atoms with Crippen molar-refractivity contribution in [2.75, 3.05) is 23.3 Å². The van der Waals surface area contributed by atoms with Crippen molar-refractivity contribution in [3.05, 3.63) is 122 Å². The van der Waals surface area contributed by atoms with Crippen molar-refractivity contribution in [1.29, 1.82) is 0 Å². The Kier molecular flexibility index (Phi) is 5.87. The maximum Gasteiger partial charge on any atom is 0.411 e. The summed E-state index contributed by atoms with van der Waals surface area (Å²) in [6, 6.07) is 20.8. The Labute approximate surface area is 252 Å². The summed E-state index contributed by atoms with van der Waals surface area (Å²) in [5, 5.41) is 13.7. The standard InChI is InChI=1S/C34H27N3O7/c38-32-24-6-1-2-8-26(24)34(44-32)27-14-11-22(35-33(39)42-19-20-9-12-23(13-10-20)37(40)41)18-29(27)43-31-25-7-4-16-36-15-3-5-21(30(25)36)17-28(31)34/h1-2,6,8-14,17-18H,3-5,7,15-16,19H2,(H,35,39). The van der Waals surface area contributed by atoms with Gasteiger partial charge in [-0.15, -0.1) is 0 Å². The van der Waals surface area contributed by atoms with E-state index in [1.807, 2.05) is 24.3 Å². The van der Waals surface area contributed by atoms with Gasteiger partial charge in [-0.1, -0.05) is 18.2 Å². The number of fused-ring (bicyclic) bond motifs is 7. The highest BCUT2D eigenvalue weighted by Crippen LogP contribution is 2.59. The molecule has 10 heteroatoms. The van der Waals surface area contributed by atoms with Gasteiger partial charge in [-0.2, -0.15) is 0 Å². The highest BCUT2D eigenvalue weighted by atomic mass is 16.6. The van der Waals surface area contributed by atoms with E-state index in [0.29, 0.717) is 33.9 Å². The fourth-order valence-corrected chi connectivity index (χ4v) is 7.07. The van der Waals surface area contributed by atoms with Gasteiger partial charge in [0.25, 0.3) is 5.69 Å². The van der Waals surface area contributed by atoms with Crippen molar-refractivity contribution in [1.82, 2.24) is 0 Å². The fourth-order valence-electron chi connectivity index (χ4n) is 7.07. The molecule has 0 fully saturated rings. The number of carbonyl (C=O) groups is 2. The Bertz CT molecular complexity index is 1880. The SMILES string of the molecule is O=C(Nc1ccc2c(c1)Oc1c(cc3c4c1CCCN4CCC3)C21OC(=O)c2ccccc21)OCc1ccc([N+](=O)[O-])cc1. The fraction of sp³-hybridized carbons (Fsp3) is 0.235. The molecule has 10 nitrogen and oxygen atoms in total. The molecule has 1 atom stereocenters. The van der Waals surface area contributed by atoms with E-state index >= 15 is 0 Å². The van der Waals surface area contributed by atoms with Gasteiger partial charge in [0.2, 0.25) is 0 Å². The van der Waals surface area contributed by atoms with Crippen LogP contribution in [0.25, 0.3) is 0 Å². The minimum Gasteiger partial charge on any atom is -0.456 e. The van der Waals surface area contributed by atoms with Gasteiger partial charge in [-0.25, -0.2) is 9.59 Å². The third-order valence-corrected chi connectivity index (χ3v) is 8.96. The number of aryl methyl sites for hydroxylation is 1. The second-order valence-electron chi connectivity index (χ2n) is 11.5. The molecule has 4 aliphatic rings. The van der Waals surface area contributed by atoms with Gasteiger partial charge < -0.3 is 19.1 Å². The third-order valence-electron chi connectivity index (χ3n) is 8.96. The van der Waals surface area contributed by atoms with Crippen LogP contribution >= 0.6 is 0 Å². The Balaban J connectivity index is 1.17. The van der Waals surface area contributed by atoms with Crippen molar-refractivity contribution >= 4 is 29.1 Å². The van der Waals surface area contributed by atoms with Crippen LogP contribution in [0.5, 0.6) is 11.5 Å². The normalized spacial score (nSPS) is 18.7. The molecule has 4 heterocycles. The summed E-state index contributed by atoms with van der Waals surface area (Å²) < 4.78 is 18.5. The highest BCUT2D eigenvalue weighted by molar-refractivity contribution is 5.97. The van der Waals surface area contributed by atoms with Crippen molar-refractivity contribution in [2.45, 2.75) is 37.9 Å². The van der Waals surface area contributed by atoms with Gasteiger partial charge in [-0.05, 0) is 73.2 Å². The summed E-state index contributed by atoms with van der Waals surface area (Å²) in [4.78, 5) is 38.9. The van der Waals surface area contributed by atoms with E-state index in [0.717, 1.165) is 55.5 Å². The molecule has 44 heavy (non-hydrogen) atoms. The first-order valence-electron chi connectivity index (χ1n) is 14.7. The quantitative estimate of drug-likeness (QED) is 0.160. The van der Waals surface area contributed by atoms with Crippen LogP contribution in [0.1, 0.15) is 56.6 Å². The average Bonchev–Trinajstić information content (AvgIpc) is 3.33. The molecule has 1 amide bonds. The Morgan fingerprint density at radius 1 is 0.977 bits per heavy atom. The van der Waals surface area contributed by atoms with Crippen LogP contribution in [-0.4, -0.2) is 30.1 Å². The van der Waals surface area contributed by atoms with E-state index in [1.54, 1.807) is 30.3 Å². The first kappa shape index (κ1) is 26.3. The van der Waals surface area contributed by atoms with Crippen LogP contribution in [0.3, 0.4) is 0 Å². The molecule has 4 aliphatic heterocycles. The zero-order valence-corrected chi connectivity index (χ0v) is 23.6. The molecule has 0 aliphatic carbocycles. The lowest BCUT2D eigenvalue weighted by molar-refractivity contribution is -0.384. The summed E-state index contributed by atoms with van der Waals surface area (Å²) in [5.74, 6) is 0.814. The number of nitro groups is 1. The van der Waals surface area contributed by atoms with Crippen LogP contribution in [-0.2, 0) is 34.5 Å². The number of hydrogen-bond donors (Lipinski definition) is 1. The van der Waals surface area contributed by atoms with Gasteiger partial charge in [0, 0.05) is 64.9 Å². The largest absolute Gasteiger partial charge is 0.456 e. The molecule has 1 unspecified atom stereocenters. The van der Waals surface area contributed by atoms with Crippen LogP contribution in [0.2, 0.25) is 0 Å². The number of hydrogen-bond acceptors (Lipinski definition) is 8. The summed E-state index contributed by atoms with van der Waals surface area (Å²) in [5.41, 5.74) is 6.29. The molecule has 4 aromatic rings. The molecular formula is C34H27N3O7. The molecule has 1 N–H and O–H groups in total. The lowest BCUT2D eigenvalue weighted by Crippen LogP contribution is -2.38. The summed E-state index contributed by atoms with van der Waals surface area (Å²) >= 11 is 0. The molecule has 8 rings (SSSR count). The number of benzene rings is 4. The molecule has 220 valence electrons. The highest BCUT2D eigenvalue weighted by Gasteiger charge is 2.54. The minimum atomic E-state index is -1.18. The number of non-ortho nitro benzene ring substituents is 1. The number of nitrogens with zero attached hydrogens (tertiary/aromatic N) is 2. The average molecular weight is 590 g/mol. The maximum absolute atomic E-state index is 13.3. The second-order valence-corrected chi connectivity index (χ2v) is 11.5. The van der Waals surface area contributed by atoms with Gasteiger partial charge in [0.15, 0.2) is 5.60 Å². The Morgan fingerprint density at radius 3 is 2.59 bits per heavy atom. The van der Waals surface area contributed by atoms with E-state index in [2.05, 4.69) is 16.3 Å². The van der Waals surface area contributed by atoms with Gasteiger partial charge in [0.1, 0.15) is 18.1 Å². The summed E-state index contributed by atoms with van der Waals surface area (Å²) in [7, 11) is 0. The summed E-state index contributed by atoms with van der Waals surface area (Å²) in [6.07, 6.45) is 3.20. The first-order valence-corrected chi connectivity index (χ1v) is 14.7. The number of amides is 1. The first-order chi connectivity index (χ1) is 21.4. The van der Waals surface area contributed by atoms with E-state index in [1.165, 1.54) is 23.4 Å². The number of nitrogens with one attached hydrogen (secondary N) is 1. The number of nitro benzene ring substituents is 1. The smallest absolute Gasteiger partial charge is 0.411 e. The molecule has 4 aromatic carbocycles. The van der Waals surface area contributed by atoms with Gasteiger partial charge in [-0.3, -0.25) is 15.4 Å². The number of ether oxygens (including phenoxy) is 3. The van der Waals surface area contributed by atoms with E-state index in [-0.39, 0.29) is 18.3 Å². The number of rotatable bonds is 4. The molecule has 1 spiro atoms. The third kappa shape index (κ3) is 3.94. The van der Waals surface area contributed by atoms with Crippen LogP contribution < -0.4 is 15.0 Å². The van der Waals surface area contributed by atoms with Gasteiger partial charge in [0.05, 0.1) is 10.5 Å². The number of anilines is 2. The molecule has 0 saturated heterocycles. The monoisotopic (exact) mass is 589 g/mol. The van der Waals surface area contributed by atoms with Crippen molar-refractivity contribution < 1.29 is 28.7 Å². The topological polar surface area (TPSA) is 120 Å². The van der Waals surface area contributed by atoms with Crippen molar-refractivity contribution in [3.63, 3.8) is 0 Å². The van der Waals surface area contributed by atoms with Crippen molar-refractivity contribution in [3.8, 4) is 11.5 Å². The van der Waals surface area contributed by atoms with Crippen molar-refractivity contribution in [2.24, 2.45) is 0 Å². The predicted molar refractivity (Wildman–Crippen MR) is 160 cm³/mol. The Morgan fingerprint density at radius 2 is 1.77 bits per heavy atom. The number of esters is 1. The Hall–Kier alpha value is -5.38. The molecule has 0 bridgehead atoms. The van der Waals surface area contributed by atoms with Gasteiger partial charge >= 0.3 is 12.1 Å². The number of carbonyl (C=O) groups excluding carboxylic acids is 2. The van der Waals surface area contributed by atoms with E-state index < -0.39 is 16.6 Å². The molecule has 0 aromatic heterocycles. The molecular weight excluding hydrogens is 562 g/mol. The lowest BCUT2D eigenvalue weighted by atomic mass is 9.75. The molecule has 0 saturated carbocycles. The second kappa shape index (κ2) is 9.84. The minimum absolute atomic E-state index is 0.0375.